The Morgan fingerprint density at radius 3 is 1.40 bits per heavy atom. The summed E-state index contributed by atoms with van der Waals surface area (Å²) < 4.78 is 2.39. The lowest BCUT2D eigenvalue weighted by Gasteiger charge is -2.33. The maximum atomic E-state index is 2.42. The van der Waals surface area contributed by atoms with Gasteiger partial charge in [0.1, 0.15) is 0 Å². The first-order chi connectivity index (χ1) is 30.7. The summed E-state index contributed by atoms with van der Waals surface area (Å²) in [4.78, 5) is 4.83. The van der Waals surface area contributed by atoms with Crippen molar-refractivity contribution in [3.8, 4) is 5.69 Å². The highest BCUT2D eigenvalue weighted by Crippen LogP contribution is 2.49. The molecule has 0 spiro atoms. The Labute approximate surface area is 366 Å². The fraction of sp³-hybridized carbons (Fsp3) is 0.186. The van der Waals surface area contributed by atoms with E-state index < -0.39 is 0 Å². The van der Waals surface area contributed by atoms with Crippen molar-refractivity contribution in [2.24, 2.45) is 0 Å². The lowest BCUT2D eigenvalue weighted by molar-refractivity contribution is 0.443. The largest absolute Gasteiger partial charge is 0.311 e. The van der Waals surface area contributed by atoms with Crippen molar-refractivity contribution in [3.63, 3.8) is 0 Å². The summed E-state index contributed by atoms with van der Waals surface area (Å²) in [7, 11) is 0. The van der Waals surface area contributed by atoms with Crippen LogP contribution >= 0.6 is 0 Å². The molecule has 0 N–H and O–H groups in total. The van der Waals surface area contributed by atoms with Gasteiger partial charge in [0.25, 0.3) is 0 Å². The predicted molar refractivity (Wildman–Crippen MR) is 262 cm³/mol. The molecule has 62 heavy (non-hydrogen) atoms. The highest BCUT2D eigenvalue weighted by Gasteiger charge is 2.37. The van der Waals surface area contributed by atoms with E-state index in [4.69, 9.17) is 0 Å². The third kappa shape index (κ3) is 6.96. The zero-order valence-corrected chi connectivity index (χ0v) is 35.4. The molecule has 0 radical (unpaired) electrons. The second-order valence-corrected chi connectivity index (χ2v) is 17.5. The molecule has 0 unspecified atom stereocenters. The van der Waals surface area contributed by atoms with E-state index in [1.807, 2.05) is 0 Å². The summed E-state index contributed by atoms with van der Waals surface area (Å²) in [5, 5.41) is 2.50. The van der Waals surface area contributed by atoms with Gasteiger partial charge in [0, 0.05) is 56.0 Å². The minimum Gasteiger partial charge on any atom is -0.311 e. The van der Waals surface area contributed by atoms with Gasteiger partial charge < -0.3 is 14.4 Å². The van der Waals surface area contributed by atoms with Crippen LogP contribution in [0, 0.1) is 0 Å². The molecule has 2 fully saturated rings. The summed E-state index contributed by atoms with van der Waals surface area (Å²) in [6.45, 7) is 0. The fourth-order valence-corrected chi connectivity index (χ4v) is 10.9. The van der Waals surface area contributed by atoms with Crippen LogP contribution in [-0.4, -0.2) is 4.57 Å². The second kappa shape index (κ2) is 16.6. The molecule has 1 aromatic heterocycles. The quantitative estimate of drug-likeness (QED) is 0.136. The minimum absolute atomic E-state index is 0.0218. The molecular weight excluding hydrogens is 751 g/mol. The zero-order chi connectivity index (χ0) is 41.3. The molecule has 0 atom stereocenters. The maximum Gasteiger partial charge on any atom is 0.0542 e. The van der Waals surface area contributed by atoms with Gasteiger partial charge in [-0.05, 0) is 145 Å². The van der Waals surface area contributed by atoms with E-state index >= 15 is 0 Å². The van der Waals surface area contributed by atoms with E-state index in [0.717, 1.165) is 29.9 Å². The maximum absolute atomic E-state index is 2.42. The highest BCUT2D eigenvalue weighted by molar-refractivity contribution is 6.10. The van der Waals surface area contributed by atoms with Crippen LogP contribution < -0.4 is 9.80 Å². The van der Waals surface area contributed by atoms with Gasteiger partial charge in [-0.3, -0.25) is 0 Å². The summed E-state index contributed by atoms with van der Waals surface area (Å²) >= 11 is 0. The standard InChI is InChI=1S/C59H53N3/c1-5-17-44(18-6-1)45-27-33-51(34-28-45)60(48-19-7-2-8-20-48)52-35-29-46(30-36-52)59(41-15-16-42-59)47-31-37-53(38-32-47)61(49-21-9-3-10-22-49)54-39-40-58-56(43-54)55-25-13-14-26-57(55)62(58)50-23-11-4-12-24-50/h2-4,7-14,19-40,43-44H,1,5-6,15-18,41-42H2. The van der Waals surface area contributed by atoms with Gasteiger partial charge in [-0.2, -0.15) is 0 Å². The number of benzene rings is 8. The fourth-order valence-electron chi connectivity index (χ4n) is 10.9. The average molecular weight is 804 g/mol. The highest BCUT2D eigenvalue weighted by atomic mass is 15.1. The van der Waals surface area contributed by atoms with Gasteiger partial charge in [-0.1, -0.05) is 141 Å². The Bertz CT molecular complexity index is 2900. The van der Waals surface area contributed by atoms with Crippen molar-refractivity contribution in [1.29, 1.82) is 0 Å². The molecule has 2 saturated carbocycles. The van der Waals surface area contributed by atoms with Crippen LogP contribution in [0.15, 0.2) is 206 Å². The number of para-hydroxylation sites is 4. The van der Waals surface area contributed by atoms with Crippen LogP contribution in [0.3, 0.4) is 0 Å². The van der Waals surface area contributed by atoms with Crippen molar-refractivity contribution in [3.05, 3.63) is 223 Å². The molecule has 9 aromatic rings. The zero-order valence-electron chi connectivity index (χ0n) is 35.4. The van der Waals surface area contributed by atoms with E-state index in [-0.39, 0.29) is 5.41 Å². The first kappa shape index (κ1) is 38.1. The van der Waals surface area contributed by atoms with Gasteiger partial charge in [0.15, 0.2) is 0 Å². The molecule has 2 aliphatic carbocycles. The van der Waals surface area contributed by atoms with Crippen molar-refractivity contribution in [2.45, 2.75) is 69.1 Å². The SMILES string of the molecule is c1ccc(N(c2ccc(C3CCCCC3)cc2)c2ccc(C3(c4ccc(N(c5ccccc5)c5ccc6c(c5)c5ccccc5n6-c5ccccc5)cc4)CCCC3)cc2)cc1. The number of fused-ring (bicyclic) bond motifs is 3. The Kier molecular flexibility index (Phi) is 10.2. The van der Waals surface area contributed by atoms with E-state index in [0.29, 0.717) is 5.92 Å². The number of anilines is 6. The predicted octanol–water partition coefficient (Wildman–Crippen LogP) is 16.6. The number of rotatable bonds is 10. The van der Waals surface area contributed by atoms with E-state index in [1.54, 1.807) is 0 Å². The van der Waals surface area contributed by atoms with Crippen LogP contribution in [-0.2, 0) is 5.41 Å². The molecule has 0 bridgehead atoms. The molecule has 11 rings (SSSR count). The monoisotopic (exact) mass is 803 g/mol. The third-order valence-electron chi connectivity index (χ3n) is 14.0. The van der Waals surface area contributed by atoms with Gasteiger partial charge in [0.05, 0.1) is 11.0 Å². The van der Waals surface area contributed by atoms with E-state index in [1.165, 1.54) is 106 Å². The lowest BCUT2D eigenvalue weighted by Crippen LogP contribution is -2.24. The summed E-state index contributed by atoms with van der Waals surface area (Å²) in [5.41, 5.74) is 14.9. The summed E-state index contributed by atoms with van der Waals surface area (Å²) in [6.07, 6.45) is 11.5. The van der Waals surface area contributed by atoms with Crippen LogP contribution in [0.5, 0.6) is 0 Å². The van der Waals surface area contributed by atoms with E-state index in [9.17, 15) is 0 Å². The van der Waals surface area contributed by atoms with Crippen molar-refractivity contribution >= 4 is 55.9 Å². The number of aromatic nitrogens is 1. The smallest absolute Gasteiger partial charge is 0.0542 e. The van der Waals surface area contributed by atoms with Crippen molar-refractivity contribution < 1.29 is 0 Å². The Morgan fingerprint density at radius 2 is 0.823 bits per heavy atom. The average Bonchev–Trinajstić information content (AvgIpc) is 3.98. The Morgan fingerprint density at radius 1 is 0.371 bits per heavy atom. The molecule has 0 saturated heterocycles. The normalized spacial score (nSPS) is 15.2. The van der Waals surface area contributed by atoms with Gasteiger partial charge in [-0.15, -0.1) is 0 Å². The Balaban J connectivity index is 0.936. The first-order valence-electron chi connectivity index (χ1n) is 22.8. The minimum atomic E-state index is -0.0218. The molecule has 304 valence electrons. The summed E-state index contributed by atoms with van der Waals surface area (Å²) in [6, 6.07) is 76.6. The molecule has 3 nitrogen and oxygen atoms in total. The van der Waals surface area contributed by atoms with E-state index in [2.05, 4.69) is 221 Å². The first-order valence-corrected chi connectivity index (χ1v) is 22.8. The number of nitrogens with zero attached hydrogens (tertiary/aromatic N) is 3. The van der Waals surface area contributed by atoms with Gasteiger partial charge in [0.2, 0.25) is 0 Å². The molecule has 8 aromatic carbocycles. The third-order valence-corrected chi connectivity index (χ3v) is 14.0. The van der Waals surface area contributed by atoms with Gasteiger partial charge >= 0.3 is 0 Å². The second-order valence-electron chi connectivity index (χ2n) is 17.5. The van der Waals surface area contributed by atoms with Crippen molar-refractivity contribution in [2.75, 3.05) is 9.80 Å². The lowest BCUT2D eigenvalue weighted by atomic mass is 9.73. The topological polar surface area (TPSA) is 11.4 Å². The Hall–Kier alpha value is -6.84. The van der Waals surface area contributed by atoms with Crippen molar-refractivity contribution in [1.82, 2.24) is 4.57 Å². The molecule has 0 amide bonds. The molecule has 2 aliphatic rings. The number of hydrogen-bond acceptors (Lipinski definition) is 2. The van der Waals surface area contributed by atoms with Crippen LogP contribution in [0.4, 0.5) is 34.1 Å². The molecular formula is C59H53N3. The van der Waals surface area contributed by atoms with Crippen LogP contribution in [0.2, 0.25) is 0 Å². The molecule has 1 heterocycles. The van der Waals surface area contributed by atoms with Crippen LogP contribution in [0.25, 0.3) is 27.5 Å². The van der Waals surface area contributed by atoms with Crippen LogP contribution in [0.1, 0.15) is 80.4 Å². The number of hydrogen-bond donors (Lipinski definition) is 0. The molecule has 0 aliphatic heterocycles. The van der Waals surface area contributed by atoms with Gasteiger partial charge in [-0.25, -0.2) is 0 Å². The summed E-state index contributed by atoms with van der Waals surface area (Å²) in [5.74, 6) is 0.698. The molecule has 3 heteroatoms.